The van der Waals surface area contributed by atoms with Crippen molar-refractivity contribution in [3.63, 3.8) is 0 Å². The van der Waals surface area contributed by atoms with Gasteiger partial charge in [0.2, 0.25) is 21.8 Å². The Morgan fingerprint density at radius 3 is 2.30 bits per heavy atom. The molecule has 3 N–H and O–H groups in total. The first-order valence-electron chi connectivity index (χ1n) is 9.34. The first-order chi connectivity index (χ1) is 14.2. The van der Waals surface area contributed by atoms with Crippen molar-refractivity contribution in [1.82, 2.24) is 10.0 Å². The molecule has 2 aromatic carbocycles. The van der Waals surface area contributed by atoms with Crippen LogP contribution in [0.25, 0.3) is 11.0 Å². The summed E-state index contributed by atoms with van der Waals surface area (Å²) in [6, 6.07) is 13.6. The van der Waals surface area contributed by atoms with E-state index in [2.05, 4.69) is 15.4 Å². The van der Waals surface area contributed by atoms with Gasteiger partial charge in [0.15, 0.2) is 0 Å². The van der Waals surface area contributed by atoms with Crippen LogP contribution >= 0.6 is 0 Å². The second-order valence-electron chi connectivity index (χ2n) is 6.97. The summed E-state index contributed by atoms with van der Waals surface area (Å²) in [6.45, 7) is 4.58. The van der Waals surface area contributed by atoms with Crippen LogP contribution in [0, 0.1) is 0 Å². The summed E-state index contributed by atoms with van der Waals surface area (Å²) in [5.41, 5.74) is 1.19. The number of benzene rings is 2. The molecule has 2 atom stereocenters. The highest BCUT2D eigenvalue weighted by molar-refractivity contribution is 7.89. The maximum atomic E-state index is 12.6. The number of carbonyl (C=O) groups is 2. The third-order valence-electron chi connectivity index (χ3n) is 4.44. The normalized spacial score (nSPS) is 13.6. The fourth-order valence-corrected chi connectivity index (χ4v) is 4.10. The minimum atomic E-state index is -3.92. The molecule has 9 heteroatoms. The molecular weight excluding hydrogens is 406 g/mol. The lowest BCUT2D eigenvalue weighted by atomic mass is 10.2. The summed E-state index contributed by atoms with van der Waals surface area (Å²) < 4.78 is 33.2. The van der Waals surface area contributed by atoms with Crippen LogP contribution in [-0.4, -0.2) is 26.3 Å². The lowest BCUT2D eigenvalue weighted by molar-refractivity contribution is -0.123. The van der Waals surface area contributed by atoms with Gasteiger partial charge in [-0.3, -0.25) is 9.59 Å². The summed E-state index contributed by atoms with van der Waals surface area (Å²) in [5, 5.41) is 6.24. The molecule has 0 radical (unpaired) electrons. The van der Waals surface area contributed by atoms with E-state index in [1.807, 2.05) is 30.3 Å². The zero-order valence-electron chi connectivity index (χ0n) is 16.8. The van der Waals surface area contributed by atoms with Crippen molar-refractivity contribution < 1.29 is 22.4 Å². The van der Waals surface area contributed by atoms with Crippen LogP contribution in [0.2, 0.25) is 0 Å². The van der Waals surface area contributed by atoms with Gasteiger partial charge >= 0.3 is 0 Å². The molecule has 1 heterocycles. The Morgan fingerprint density at radius 2 is 1.67 bits per heavy atom. The van der Waals surface area contributed by atoms with Gasteiger partial charge in [0.05, 0.1) is 17.0 Å². The summed E-state index contributed by atoms with van der Waals surface area (Å²) in [6.07, 6.45) is 0. The molecule has 30 heavy (non-hydrogen) atoms. The van der Waals surface area contributed by atoms with E-state index in [0.717, 1.165) is 5.39 Å². The molecule has 0 spiro atoms. The van der Waals surface area contributed by atoms with E-state index < -0.39 is 28.0 Å². The Balaban J connectivity index is 1.64. The summed E-state index contributed by atoms with van der Waals surface area (Å²) in [5.74, 6) is -0.165. The molecular formula is C21H23N3O5S. The standard InChI is InChI=1S/C21H23N3O5S/c1-13(20-12-16-6-4-5-7-19(16)29-20)22-21(26)14(2)24-30(27,28)18-10-8-17(9-11-18)23-15(3)25/h4-14,24H,1-3H3,(H,22,26)(H,23,25)/t13?,14-/m0/s1. The largest absolute Gasteiger partial charge is 0.459 e. The third kappa shape index (κ3) is 5.05. The van der Waals surface area contributed by atoms with E-state index >= 15 is 0 Å². The van der Waals surface area contributed by atoms with Crippen LogP contribution in [0.4, 0.5) is 5.69 Å². The Morgan fingerprint density at radius 1 is 1.00 bits per heavy atom. The van der Waals surface area contributed by atoms with Gasteiger partial charge in [0.25, 0.3) is 0 Å². The number of rotatable bonds is 7. The fraction of sp³-hybridized carbons (Fsp3) is 0.238. The number of furan rings is 1. The Bertz CT molecular complexity index is 1140. The molecule has 158 valence electrons. The smallest absolute Gasteiger partial charge is 0.241 e. The van der Waals surface area contributed by atoms with Crippen LogP contribution in [0.5, 0.6) is 0 Å². The van der Waals surface area contributed by atoms with E-state index in [9.17, 15) is 18.0 Å². The molecule has 0 fully saturated rings. The van der Waals surface area contributed by atoms with Crippen molar-refractivity contribution in [2.45, 2.75) is 37.8 Å². The second kappa shape index (κ2) is 8.68. The average molecular weight is 429 g/mol. The zero-order valence-corrected chi connectivity index (χ0v) is 17.6. The monoisotopic (exact) mass is 429 g/mol. The van der Waals surface area contributed by atoms with Gasteiger partial charge in [-0.25, -0.2) is 8.42 Å². The van der Waals surface area contributed by atoms with E-state index in [4.69, 9.17) is 4.42 Å². The van der Waals surface area contributed by atoms with Crippen molar-refractivity contribution in [1.29, 1.82) is 0 Å². The quantitative estimate of drug-likeness (QED) is 0.534. The maximum Gasteiger partial charge on any atom is 0.241 e. The van der Waals surface area contributed by atoms with E-state index in [0.29, 0.717) is 17.0 Å². The van der Waals surface area contributed by atoms with Crippen molar-refractivity contribution >= 4 is 38.5 Å². The first-order valence-corrected chi connectivity index (χ1v) is 10.8. The molecule has 0 bridgehead atoms. The van der Waals surface area contributed by atoms with E-state index in [1.165, 1.54) is 38.1 Å². The number of para-hydroxylation sites is 1. The maximum absolute atomic E-state index is 12.6. The molecule has 3 aromatic rings. The summed E-state index contributed by atoms with van der Waals surface area (Å²) in [7, 11) is -3.92. The molecule has 0 saturated carbocycles. The Kier molecular flexibility index (Phi) is 6.23. The van der Waals surface area contributed by atoms with Crippen LogP contribution < -0.4 is 15.4 Å². The van der Waals surface area contributed by atoms with Crippen LogP contribution in [0.1, 0.15) is 32.6 Å². The van der Waals surface area contributed by atoms with Crippen LogP contribution in [0.15, 0.2) is 63.9 Å². The average Bonchev–Trinajstić information content (AvgIpc) is 3.12. The Hall–Kier alpha value is -3.17. The number of sulfonamides is 1. The molecule has 1 unspecified atom stereocenters. The molecule has 2 amide bonds. The molecule has 0 saturated heterocycles. The summed E-state index contributed by atoms with van der Waals surface area (Å²) in [4.78, 5) is 23.6. The SMILES string of the molecule is CC(=O)Nc1ccc(S(=O)(=O)N[C@@H](C)C(=O)NC(C)c2cc3ccccc3o2)cc1. The number of carbonyl (C=O) groups excluding carboxylic acids is 2. The number of fused-ring (bicyclic) bond motifs is 1. The molecule has 0 aliphatic heterocycles. The van der Waals surface area contributed by atoms with Crippen LogP contribution in [0.3, 0.4) is 0 Å². The second-order valence-corrected chi connectivity index (χ2v) is 8.68. The minimum absolute atomic E-state index is 0.0124. The number of hydrogen-bond acceptors (Lipinski definition) is 5. The molecule has 8 nitrogen and oxygen atoms in total. The molecule has 0 aliphatic rings. The topological polar surface area (TPSA) is 118 Å². The van der Waals surface area contributed by atoms with Gasteiger partial charge in [0, 0.05) is 18.0 Å². The van der Waals surface area contributed by atoms with Gasteiger partial charge in [-0.2, -0.15) is 4.72 Å². The zero-order chi connectivity index (χ0) is 21.9. The fourth-order valence-electron chi connectivity index (χ4n) is 2.90. The Labute approximate surface area is 174 Å². The van der Waals surface area contributed by atoms with Gasteiger partial charge in [-0.05, 0) is 50.2 Å². The number of nitrogens with one attached hydrogen (secondary N) is 3. The highest BCUT2D eigenvalue weighted by atomic mass is 32.2. The van der Waals surface area contributed by atoms with Crippen molar-refractivity contribution in [3.8, 4) is 0 Å². The number of amides is 2. The highest BCUT2D eigenvalue weighted by Crippen LogP contribution is 2.23. The lowest BCUT2D eigenvalue weighted by Gasteiger charge is -2.17. The first kappa shape index (κ1) is 21.5. The van der Waals surface area contributed by atoms with E-state index in [1.54, 1.807) is 6.92 Å². The molecule has 3 rings (SSSR count). The molecule has 0 aliphatic carbocycles. The number of hydrogen-bond donors (Lipinski definition) is 3. The van der Waals surface area contributed by atoms with Gasteiger partial charge in [0.1, 0.15) is 11.3 Å². The van der Waals surface area contributed by atoms with Crippen LogP contribution in [-0.2, 0) is 19.6 Å². The van der Waals surface area contributed by atoms with Crippen molar-refractivity contribution in [3.05, 3.63) is 60.4 Å². The highest BCUT2D eigenvalue weighted by Gasteiger charge is 2.24. The van der Waals surface area contributed by atoms with Gasteiger partial charge in [-0.15, -0.1) is 0 Å². The van der Waals surface area contributed by atoms with Gasteiger partial charge in [-0.1, -0.05) is 18.2 Å². The summed E-state index contributed by atoms with van der Waals surface area (Å²) >= 11 is 0. The lowest BCUT2D eigenvalue weighted by Crippen LogP contribution is -2.45. The predicted octanol–water partition coefficient (Wildman–Crippen LogP) is 2.94. The predicted molar refractivity (Wildman–Crippen MR) is 113 cm³/mol. The van der Waals surface area contributed by atoms with Crippen molar-refractivity contribution in [2.24, 2.45) is 0 Å². The van der Waals surface area contributed by atoms with Gasteiger partial charge < -0.3 is 15.1 Å². The minimum Gasteiger partial charge on any atom is -0.459 e. The number of anilines is 1. The molecule has 1 aromatic heterocycles. The van der Waals surface area contributed by atoms with E-state index in [-0.39, 0.29) is 10.8 Å². The third-order valence-corrected chi connectivity index (χ3v) is 6.00. The van der Waals surface area contributed by atoms with Crippen molar-refractivity contribution in [2.75, 3.05) is 5.32 Å².